The molecule has 0 spiro atoms. The van der Waals surface area contributed by atoms with Crippen LogP contribution in [0.2, 0.25) is 0 Å². The van der Waals surface area contributed by atoms with E-state index in [1.54, 1.807) is 31.4 Å². The molecule has 2 aromatic heterocycles. The van der Waals surface area contributed by atoms with Gasteiger partial charge >= 0.3 is 5.69 Å². The number of carbonyl (C=O) groups excluding carboxylic acids is 1. The Morgan fingerprint density at radius 1 is 1.17 bits per heavy atom. The van der Waals surface area contributed by atoms with Crippen LogP contribution < -0.4 is 11.0 Å². The lowest BCUT2D eigenvalue weighted by Crippen LogP contribution is -2.13. The number of fused-ring (bicyclic) bond motifs is 2. The summed E-state index contributed by atoms with van der Waals surface area (Å²) in [7, 11) is 1.66. The Hall–Kier alpha value is -3.41. The van der Waals surface area contributed by atoms with Gasteiger partial charge in [0.2, 0.25) is 0 Å². The van der Waals surface area contributed by atoms with E-state index in [1.165, 1.54) is 4.57 Å². The minimum Gasteiger partial charge on any atom is -0.321 e. The van der Waals surface area contributed by atoms with Gasteiger partial charge in [0.1, 0.15) is 0 Å². The first-order chi connectivity index (χ1) is 11.6. The van der Waals surface area contributed by atoms with E-state index in [2.05, 4.69) is 15.3 Å². The third-order valence-corrected chi connectivity index (χ3v) is 4.02. The van der Waals surface area contributed by atoms with Gasteiger partial charge in [-0.3, -0.25) is 14.3 Å². The number of imidazole rings is 1. The summed E-state index contributed by atoms with van der Waals surface area (Å²) in [5.41, 5.74) is 3.16. The topological polar surface area (TPSA) is 79.8 Å². The lowest BCUT2D eigenvalue weighted by molar-refractivity contribution is 0.102. The second-order valence-electron chi connectivity index (χ2n) is 5.59. The van der Waals surface area contributed by atoms with Crippen LogP contribution in [0.15, 0.2) is 59.5 Å². The predicted octanol–water partition coefficient (Wildman–Crippen LogP) is 2.67. The number of H-pyrrole nitrogens is 1. The molecule has 0 bridgehead atoms. The summed E-state index contributed by atoms with van der Waals surface area (Å²) in [6.07, 6.45) is 1.63. The number of aromatic nitrogens is 3. The van der Waals surface area contributed by atoms with Crippen molar-refractivity contribution in [2.24, 2.45) is 7.05 Å². The number of para-hydroxylation sites is 1. The maximum atomic E-state index is 12.5. The number of benzene rings is 2. The van der Waals surface area contributed by atoms with Crippen LogP contribution in [-0.4, -0.2) is 20.4 Å². The van der Waals surface area contributed by atoms with Crippen LogP contribution >= 0.6 is 0 Å². The number of anilines is 1. The summed E-state index contributed by atoms with van der Waals surface area (Å²) < 4.78 is 1.48. The zero-order chi connectivity index (χ0) is 16.7. The van der Waals surface area contributed by atoms with Crippen molar-refractivity contribution in [1.82, 2.24) is 14.5 Å². The van der Waals surface area contributed by atoms with E-state index in [9.17, 15) is 9.59 Å². The maximum Gasteiger partial charge on any atom is 0.326 e. The van der Waals surface area contributed by atoms with Crippen LogP contribution in [0.5, 0.6) is 0 Å². The van der Waals surface area contributed by atoms with E-state index < -0.39 is 0 Å². The van der Waals surface area contributed by atoms with Crippen molar-refractivity contribution in [2.45, 2.75) is 0 Å². The smallest absolute Gasteiger partial charge is 0.321 e. The zero-order valence-electron chi connectivity index (χ0n) is 12.9. The largest absolute Gasteiger partial charge is 0.326 e. The molecule has 1 amide bonds. The van der Waals surface area contributed by atoms with E-state index in [0.29, 0.717) is 22.3 Å². The molecule has 0 aliphatic carbocycles. The van der Waals surface area contributed by atoms with E-state index in [1.807, 2.05) is 30.3 Å². The molecule has 0 aliphatic rings. The Morgan fingerprint density at radius 3 is 2.88 bits per heavy atom. The first kappa shape index (κ1) is 14.2. The van der Waals surface area contributed by atoms with Crippen molar-refractivity contribution in [3.8, 4) is 0 Å². The van der Waals surface area contributed by atoms with Gasteiger partial charge in [-0.25, -0.2) is 4.79 Å². The summed E-state index contributed by atoms with van der Waals surface area (Å²) in [4.78, 5) is 31.2. The molecule has 4 aromatic rings. The van der Waals surface area contributed by atoms with Crippen LogP contribution in [0, 0.1) is 0 Å². The highest BCUT2D eigenvalue weighted by Crippen LogP contribution is 2.18. The third-order valence-electron chi connectivity index (χ3n) is 4.02. The summed E-state index contributed by atoms with van der Waals surface area (Å²) in [5, 5.41) is 3.80. The number of pyridine rings is 1. The summed E-state index contributed by atoms with van der Waals surface area (Å²) in [6.45, 7) is 0. The molecule has 6 nitrogen and oxygen atoms in total. The zero-order valence-corrected chi connectivity index (χ0v) is 12.9. The Morgan fingerprint density at radius 2 is 2.00 bits per heavy atom. The molecule has 0 radical (unpaired) electrons. The summed E-state index contributed by atoms with van der Waals surface area (Å²) in [5.74, 6) is -0.248. The van der Waals surface area contributed by atoms with Crippen molar-refractivity contribution >= 4 is 33.5 Å². The molecule has 6 heteroatoms. The average Bonchev–Trinajstić information content (AvgIpc) is 2.89. The molecule has 0 aliphatic heterocycles. The first-order valence-corrected chi connectivity index (χ1v) is 7.47. The molecule has 0 unspecified atom stereocenters. The number of nitrogens with one attached hydrogen (secondary N) is 2. The Kier molecular flexibility index (Phi) is 3.16. The minimum absolute atomic E-state index is 0.207. The van der Waals surface area contributed by atoms with Crippen molar-refractivity contribution in [1.29, 1.82) is 0 Å². The highest BCUT2D eigenvalue weighted by Gasteiger charge is 2.10. The van der Waals surface area contributed by atoms with Gasteiger partial charge in [-0.1, -0.05) is 18.2 Å². The van der Waals surface area contributed by atoms with Gasteiger partial charge < -0.3 is 10.3 Å². The summed E-state index contributed by atoms with van der Waals surface area (Å²) >= 11 is 0. The van der Waals surface area contributed by atoms with Crippen molar-refractivity contribution in [2.75, 3.05) is 5.32 Å². The number of aryl methyl sites for hydroxylation is 1. The van der Waals surface area contributed by atoms with Crippen molar-refractivity contribution in [3.63, 3.8) is 0 Å². The van der Waals surface area contributed by atoms with Crippen LogP contribution in [0.1, 0.15) is 10.4 Å². The fourth-order valence-corrected chi connectivity index (χ4v) is 2.71. The Bertz CT molecular complexity index is 1140. The lowest BCUT2D eigenvalue weighted by Gasteiger charge is -2.06. The first-order valence-electron chi connectivity index (χ1n) is 7.47. The number of carbonyl (C=O) groups is 1. The molecule has 2 heterocycles. The maximum absolute atomic E-state index is 12.5. The molecular weight excluding hydrogens is 304 g/mol. The Balaban J connectivity index is 1.67. The number of rotatable bonds is 2. The van der Waals surface area contributed by atoms with E-state index in [-0.39, 0.29) is 11.6 Å². The highest BCUT2D eigenvalue weighted by molar-refractivity contribution is 6.06. The van der Waals surface area contributed by atoms with Gasteiger partial charge in [-0.2, -0.15) is 0 Å². The molecule has 4 rings (SSSR count). The van der Waals surface area contributed by atoms with Gasteiger partial charge in [0.15, 0.2) is 0 Å². The van der Waals surface area contributed by atoms with Crippen molar-refractivity contribution < 1.29 is 4.79 Å². The Labute approximate surface area is 136 Å². The second-order valence-corrected chi connectivity index (χ2v) is 5.59. The normalized spacial score (nSPS) is 11.0. The molecular formula is C18H14N4O2. The second kappa shape index (κ2) is 5.34. The van der Waals surface area contributed by atoms with E-state index >= 15 is 0 Å². The monoisotopic (exact) mass is 318 g/mol. The number of hydrogen-bond acceptors (Lipinski definition) is 3. The SMILES string of the molecule is Cn1c(=O)[nH]c2ccc(C(=O)Nc3cnc4ccccc4c3)cc21. The molecule has 2 N–H and O–H groups in total. The molecule has 0 fully saturated rings. The van der Waals surface area contributed by atoms with Crippen LogP contribution in [-0.2, 0) is 7.05 Å². The van der Waals surface area contributed by atoms with Crippen molar-refractivity contribution in [3.05, 3.63) is 70.8 Å². The molecule has 0 saturated heterocycles. The standard InChI is InChI=1S/C18H14N4O2/c1-22-16-9-12(6-7-15(16)21-18(22)24)17(23)20-13-8-11-4-2-3-5-14(11)19-10-13/h2-10H,1H3,(H,20,23)(H,21,24). The van der Waals surface area contributed by atoms with Gasteiger partial charge in [0, 0.05) is 18.0 Å². The molecule has 2 aromatic carbocycles. The molecule has 0 saturated carbocycles. The lowest BCUT2D eigenvalue weighted by atomic mass is 10.1. The van der Waals surface area contributed by atoms with Crippen LogP contribution in [0.4, 0.5) is 5.69 Å². The third kappa shape index (κ3) is 2.34. The van der Waals surface area contributed by atoms with Gasteiger partial charge in [-0.15, -0.1) is 0 Å². The van der Waals surface area contributed by atoms with E-state index in [0.717, 1.165) is 10.9 Å². The number of hydrogen-bond donors (Lipinski definition) is 2. The molecule has 24 heavy (non-hydrogen) atoms. The van der Waals surface area contributed by atoms with Gasteiger partial charge in [-0.05, 0) is 30.3 Å². The fraction of sp³-hybridized carbons (Fsp3) is 0.0556. The predicted molar refractivity (Wildman–Crippen MR) is 93.2 cm³/mol. The van der Waals surface area contributed by atoms with Crippen LogP contribution in [0.3, 0.4) is 0 Å². The number of amides is 1. The highest BCUT2D eigenvalue weighted by atomic mass is 16.2. The quantitative estimate of drug-likeness (QED) is 0.596. The van der Waals surface area contributed by atoms with E-state index in [4.69, 9.17) is 0 Å². The number of nitrogens with zero attached hydrogens (tertiary/aromatic N) is 2. The van der Waals surface area contributed by atoms with Gasteiger partial charge in [0.25, 0.3) is 5.91 Å². The van der Waals surface area contributed by atoms with Crippen LogP contribution in [0.25, 0.3) is 21.9 Å². The summed E-state index contributed by atoms with van der Waals surface area (Å²) in [6, 6.07) is 14.7. The molecule has 0 atom stereocenters. The molecule has 118 valence electrons. The van der Waals surface area contributed by atoms with Gasteiger partial charge in [0.05, 0.1) is 28.4 Å². The number of aromatic amines is 1. The average molecular weight is 318 g/mol. The fourth-order valence-electron chi connectivity index (χ4n) is 2.71. The minimum atomic E-state index is -0.248.